The van der Waals surface area contributed by atoms with Crippen LogP contribution in [0.5, 0.6) is 17.2 Å². The summed E-state index contributed by atoms with van der Waals surface area (Å²) in [6.07, 6.45) is 0. The molecule has 3 aromatic heterocycles. The number of hydrogen-bond acceptors (Lipinski definition) is 6. The number of benzene rings is 3. The van der Waals surface area contributed by atoms with Crippen LogP contribution in [-0.4, -0.2) is 30.3 Å². The molecule has 75 heavy (non-hydrogen) atoms. The maximum Gasteiger partial charge on any atom is 0.123 e. The highest BCUT2D eigenvalue weighted by molar-refractivity contribution is 5.74. The van der Waals surface area contributed by atoms with Crippen LogP contribution in [-0.2, 0) is 21.7 Å². The lowest BCUT2D eigenvalue weighted by Crippen LogP contribution is -2.19. The van der Waals surface area contributed by atoms with Gasteiger partial charge in [0.2, 0.25) is 0 Å². The first-order valence-corrected chi connectivity index (χ1v) is 26.8. The topological polar surface area (TPSA) is 99.4 Å². The lowest BCUT2D eigenvalue weighted by Gasteiger charge is -2.31. The van der Waals surface area contributed by atoms with Crippen LogP contribution < -0.4 is 0 Å². The molecule has 6 nitrogen and oxygen atoms in total. The molecule has 0 atom stereocenters. The molecule has 0 aliphatic rings. The highest BCUT2D eigenvalue weighted by atomic mass is 16.3. The number of pyridine rings is 3. The van der Waals surface area contributed by atoms with E-state index in [1.54, 1.807) is 12.1 Å². The lowest BCUT2D eigenvalue weighted by molar-refractivity contribution is 0.421. The van der Waals surface area contributed by atoms with E-state index >= 15 is 0 Å². The number of aromatic nitrogens is 3. The van der Waals surface area contributed by atoms with Crippen molar-refractivity contribution in [2.75, 3.05) is 0 Å². The first-order valence-electron chi connectivity index (χ1n) is 26.8. The Labute approximate surface area is 457 Å². The maximum atomic E-state index is 11.1. The van der Waals surface area contributed by atoms with E-state index in [0.29, 0.717) is 17.2 Å². The van der Waals surface area contributed by atoms with Crippen molar-refractivity contribution in [3.8, 4) is 39.8 Å². The number of aryl methyl sites for hydroxylation is 6. The van der Waals surface area contributed by atoms with Crippen molar-refractivity contribution in [3.05, 3.63) is 160 Å². The fraction of sp³-hybridized carbons (Fsp3) is 0.493. The highest BCUT2D eigenvalue weighted by Gasteiger charge is 2.31. The molecular weight excluding hydrogens is 919 g/mol. The molecule has 0 amide bonds. The number of rotatable bonds is 2. The van der Waals surface area contributed by atoms with E-state index in [1.807, 2.05) is 39.8 Å². The summed E-state index contributed by atoms with van der Waals surface area (Å²) in [4.78, 5) is 14.1. The Kier molecular flexibility index (Phi) is 21.7. The number of hydrogen-bond donors (Lipinski definition) is 3. The number of phenols is 3. The summed E-state index contributed by atoms with van der Waals surface area (Å²) in [7, 11) is 0. The van der Waals surface area contributed by atoms with Crippen molar-refractivity contribution >= 4 is 0 Å². The standard InChI is InChI=1S/C24H35NO.C16H19NO.C15H24O.C10H15N.C4H8/c1-13-14(2)17(5)25-21(15(13)3)18-12-19(23(6,7)8)22(26)20(16(18)4)24(9,10)11;1-9-8-14(18)6-7-15(9)16-12(4)10(2)11(3)13(5)17-16;1-10-8-9-11(14(2,3)4)13(16)12(10)15(5,6)7;1-6-7(2)9(4)11-10(5)8(6)3;1-4(2)3/h12,26H,1-11H3;6-8,18H,1-5H3;8-9,16H,1-7H3;1-5H3;1H2,2-3H3. The average molecular weight is 1020 g/mol. The van der Waals surface area contributed by atoms with Crippen LogP contribution in [0.25, 0.3) is 22.5 Å². The van der Waals surface area contributed by atoms with Crippen molar-refractivity contribution in [2.45, 2.75) is 229 Å². The second-order valence-electron chi connectivity index (χ2n) is 25.7. The minimum absolute atomic E-state index is 0.0161. The average Bonchev–Trinajstić information content (AvgIpc) is 3.25. The fourth-order valence-corrected chi connectivity index (χ4v) is 9.56. The van der Waals surface area contributed by atoms with E-state index in [4.69, 9.17) is 9.97 Å². The van der Waals surface area contributed by atoms with Gasteiger partial charge < -0.3 is 15.3 Å². The van der Waals surface area contributed by atoms with Gasteiger partial charge in [0.1, 0.15) is 17.2 Å². The van der Waals surface area contributed by atoms with Gasteiger partial charge in [0.05, 0.1) is 11.4 Å². The summed E-state index contributed by atoms with van der Waals surface area (Å²) in [5, 5.41) is 31.0. The minimum atomic E-state index is -0.146. The van der Waals surface area contributed by atoms with Crippen LogP contribution >= 0.6 is 0 Å². The van der Waals surface area contributed by atoms with Gasteiger partial charge in [-0.2, -0.15) is 0 Å². The summed E-state index contributed by atoms with van der Waals surface area (Å²) in [5.74, 6) is 1.21. The van der Waals surface area contributed by atoms with E-state index in [0.717, 1.165) is 84.2 Å². The van der Waals surface area contributed by atoms with Crippen molar-refractivity contribution in [1.82, 2.24) is 15.0 Å². The lowest BCUT2D eigenvalue weighted by atomic mass is 9.75. The van der Waals surface area contributed by atoms with Crippen LogP contribution in [0.2, 0.25) is 0 Å². The highest BCUT2D eigenvalue weighted by Crippen LogP contribution is 2.46. The van der Waals surface area contributed by atoms with E-state index in [-0.39, 0.29) is 21.7 Å². The molecule has 0 aliphatic heterocycles. The number of phenolic OH excluding ortho intramolecular Hbond substituents is 3. The maximum absolute atomic E-state index is 11.1. The third-order valence-electron chi connectivity index (χ3n) is 14.9. The molecular formula is C69H101N3O3. The third kappa shape index (κ3) is 16.1. The predicted molar refractivity (Wildman–Crippen MR) is 326 cm³/mol. The van der Waals surface area contributed by atoms with Gasteiger partial charge in [-0.1, -0.05) is 101 Å². The minimum Gasteiger partial charge on any atom is -0.508 e. The van der Waals surface area contributed by atoms with Gasteiger partial charge >= 0.3 is 0 Å². The molecule has 0 unspecified atom stereocenters. The second-order valence-corrected chi connectivity index (χ2v) is 25.7. The summed E-state index contributed by atoms with van der Waals surface area (Å²) in [5.41, 5.74) is 28.6. The zero-order valence-corrected chi connectivity index (χ0v) is 52.9. The molecule has 6 rings (SSSR count). The molecule has 3 N–H and O–H groups in total. The molecule has 6 aromatic rings. The Morgan fingerprint density at radius 2 is 0.707 bits per heavy atom. The van der Waals surface area contributed by atoms with Crippen LogP contribution in [0, 0.1) is 111 Å². The molecule has 6 heteroatoms. The summed E-state index contributed by atoms with van der Waals surface area (Å²) < 4.78 is 0. The van der Waals surface area contributed by atoms with Crippen LogP contribution in [0.3, 0.4) is 0 Å². The zero-order valence-electron chi connectivity index (χ0n) is 52.9. The van der Waals surface area contributed by atoms with E-state index in [1.165, 1.54) is 55.6 Å². The van der Waals surface area contributed by atoms with Crippen LogP contribution in [0.15, 0.2) is 48.6 Å². The quantitative estimate of drug-likeness (QED) is 0.149. The third-order valence-corrected chi connectivity index (χ3v) is 14.9. The normalized spacial score (nSPS) is 11.5. The Balaban J connectivity index is 0.000000347. The molecule has 3 heterocycles. The van der Waals surface area contributed by atoms with E-state index < -0.39 is 0 Å². The van der Waals surface area contributed by atoms with Crippen molar-refractivity contribution in [3.63, 3.8) is 0 Å². The Bertz CT molecular complexity index is 3000. The monoisotopic (exact) mass is 1020 g/mol. The summed E-state index contributed by atoms with van der Waals surface area (Å²) in [6.45, 7) is 66.9. The van der Waals surface area contributed by atoms with Gasteiger partial charge in [-0.15, -0.1) is 6.58 Å². The molecule has 0 radical (unpaired) electrons. The zero-order chi connectivity index (χ0) is 58.5. The van der Waals surface area contributed by atoms with Gasteiger partial charge in [-0.25, -0.2) is 0 Å². The Morgan fingerprint density at radius 3 is 1.07 bits per heavy atom. The predicted octanol–water partition coefficient (Wildman–Crippen LogP) is 19.1. The van der Waals surface area contributed by atoms with Gasteiger partial charge in [-0.3, -0.25) is 15.0 Å². The number of nitrogens with zero attached hydrogens (tertiary/aromatic N) is 3. The molecule has 410 valence electrons. The first kappa shape index (κ1) is 65.4. The van der Waals surface area contributed by atoms with Crippen molar-refractivity contribution < 1.29 is 15.3 Å². The second kappa shape index (κ2) is 24.9. The Hall–Kier alpha value is -5.75. The van der Waals surface area contributed by atoms with E-state index in [9.17, 15) is 15.3 Å². The van der Waals surface area contributed by atoms with Crippen molar-refractivity contribution in [2.24, 2.45) is 0 Å². The summed E-state index contributed by atoms with van der Waals surface area (Å²) >= 11 is 0. The van der Waals surface area contributed by atoms with Gasteiger partial charge in [0.15, 0.2) is 0 Å². The SMILES string of the molecule is C=C(C)C.Cc1cc(O)ccc1-c1nc(C)c(C)c(C)c1C.Cc1ccc(C(C)(C)C)c(O)c1C(C)(C)C.Cc1nc(-c2cc(C(C)(C)C)c(O)c(C(C)(C)C)c2C)c(C)c(C)c1C.Cc1nc(C)c(C)c(C)c1C. The fourth-order valence-electron chi connectivity index (χ4n) is 9.56. The molecule has 0 spiro atoms. The van der Waals surface area contributed by atoms with Gasteiger partial charge in [0, 0.05) is 50.6 Å². The van der Waals surface area contributed by atoms with E-state index in [2.05, 4.69) is 204 Å². The van der Waals surface area contributed by atoms with Gasteiger partial charge in [0.25, 0.3) is 0 Å². The molecule has 0 saturated carbocycles. The van der Waals surface area contributed by atoms with Gasteiger partial charge in [-0.05, 0) is 243 Å². The largest absolute Gasteiger partial charge is 0.508 e. The van der Waals surface area contributed by atoms with Crippen molar-refractivity contribution in [1.29, 1.82) is 0 Å². The Morgan fingerprint density at radius 1 is 0.360 bits per heavy atom. The smallest absolute Gasteiger partial charge is 0.123 e. The molecule has 0 fully saturated rings. The molecule has 0 aliphatic carbocycles. The van der Waals surface area contributed by atoms with Crippen LogP contribution in [0.1, 0.15) is 209 Å². The number of allylic oxidation sites excluding steroid dienone is 1. The molecule has 0 bridgehead atoms. The number of aromatic hydroxyl groups is 3. The molecule has 3 aromatic carbocycles. The van der Waals surface area contributed by atoms with Crippen LogP contribution in [0.4, 0.5) is 0 Å². The summed E-state index contributed by atoms with van der Waals surface area (Å²) in [6, 6.07) is 11.7. The molecule has 0 saturated heterocycles. The first-order chi connectivity index (χ1) is 33.9.